The van der Waals surface area contributed by atoms with E-state index in [2.05, 4.69) is 39.0 Å². The van der Waals surface area contributed by atoms with Gasteiger partial charge < -0.3 is 20.0 Å². The minimum Gasteiger partial charge on any atom is -0.366 e. The highest BCUT2D eigenvalue weighted by molar-refractivity contribution is 5.80. The van der Waals surface area contributed by atoms with Crippen molar-refractivity contribution in [2.45, 2.75) is 13.0 Å². The standard InChI is InChI=1S/C20H32F2N6/c1-16(26-8-6-25(3)7-9-26)15-24-20(23-2)28-12-10-27(11-13-28)19-14-17(21)4-5-18(19)22/h4-5,14,16H,6-13,15H2,1-3H3,(H,23,24). The zero-order valence-electron chi connectivity index (χ0n) is 17.2. The first kappa shape index (κ1) is 20.8. The maximum absolute atomic E-state index is 14.0. The van der Waals surface area contributed by atoms with E-state index in [1.165, 1.54) is 12.1 Å². The Hall–Kier alpha value is -1.93. The van der Waals surface area contributed by atoms with Crippen molar-refractivity contribution in [3.05, 3.63) is 29.8 Å². The maximum Gasteiger partial charge on any atom is 0.193 e. The van der Waals surface area contributed by atoms with Gasteiger partial charge in [-0.25, -0.2) is 8.78 Å². The van der Waals surface area contributed by atoms with Crippen LogP contribution in [0.4, 0.5) is 14.5 Å². The van der Waals surface area contributed by atoms with Crippen molar-refractivity contribution in [3.63, 3.8) is 0 Å². The summed E-state index contributed by atoms with van der Waals surface area (Å²) in [4.78, 5) is 13.4. The quantitative estimate of drug-likeness (QED) is 0.616. The van der Waals surface area contributed by atoms with Gasteiger partial charge in [0, 0.05) is 78.1 Å². The smallest absolute Gasteiger partial charge is 0.193 e. The lowest BCUT2D eigenvalue weighted by atomic mass is 10.2. The fourth-order valence-electron chi connectivity index (χ4n) is 3.85. The number of hydrogen-bond donors (Lipinski definition) is 1. The Balaban J connectivity index is 1.49. The molecule has 0 radical (unpaired) electrons. The predicted molar refractivity (Wildman–Crippen MR) is 110 cm³/mol. The SMILES string of the molecule is CN=C(NCC(C)N1CCN(C)CC1)N1CCN(c2cc(F)ccc2F)CC1. The fourth-order valence-corrected chi connectivity index (χ4v) is 3.85. The van der Waals surface area contributed by atoms with E-state index in [1.54, 1.807) is 7.05 Å². The number of benzene rings is 1. The number of likely N-dealkylation sites (N-methyl/N-ethyl adjacent to an activating group) is 1. The minimum atomic E-state index is -0.408. The van der Waals surface area contributed by atoms with Crippen LogP contribution < -0.4 is 10.2 Å². The number of anilines is 1. The Bertz CT molecular complexity index is 667. The van der Waals surface area contributed by atoms with Crippen LogP contribution in [0.3, 0.4) is 0 Å². The third-order valence-electron chi connectivity index (χ3n) is 5.76. The molecule has 2 heterocycles. The highest BCUT2D eigenvalue weighted by Gasteiger charge is 2.23. The van der Waals surface area contributed by atoms with Gasteiger partial charge >= 0.3 is 0 Å². The van der Waals surface area contributed by atoms with Crippen molar-refractivity contribution in [2.24, 2.45) is 4.99 Å². The summed E-state index contributed by atoms with van der Waals surface area (Å²) in [5.41, 5.74) is 0.339. The van der Waals surface area contributed by atoms with Crippen LogP contribution in [0.2, 0.25) is 0 Å². The first-order valence-electron chi connectivity index (χ1n) is 10.1. The summed E-state index contributed by atoms with van der Waals surface area (Å²) in [5.74, 6) is 0.0906. The van der Waals surface area contributed by atoms with Gasteiger partial charge in [-0.15, -0.1) is 0 Å². The molecule has 1 aromatic rings. The van der Waals surface area contributed by atoms with E-state index in [0.717, 1.165) is 57.8 Å². The summed E-state index contributed by atoms with van der Waals surface area (Å²) in [6, 6.07) is 4.06. The molecule has 8 heteroatoms. The van der Waals surface area contributed by atoms with E-state index in [0.29, 0.717) is 24.8 Å². The number of nitrogens with zero attached hydrogens (tertiary/aromatic N) is 5. The molecule has 0 saturated carbocycles. The summed E-state index contributed by atoms with van der Waals surface area (Å²) in [6.07, 6.45) is 0. The van der Waals surface area contributed by atoms with Gasteiger partial charge in [0.25, 0.3) is 0 Å². The second-order valence-electron chi connectivity index (χ2n) is 7.69. The molecule has 2 fully saturated rings. The van der Waals surface area contributed by atoms with Gasteiger partial charge in [0.1, 0.15) is 11.6 Å². The van der Waals surface area contributed by atoms with Crippen LogP contribution in [-0.2, 0) is 0 Å². The minimum absolute atomic E-state index is 0.339. The number of halogens is 2. The molecule has 0 spiro atoms. The molecular formula is C20H32F2N6. The molecule has 0 aliphatic carbocycles. The Labute approximate surface area is 166 Å². The molecule has 156 valence electrons. The van der Waals surface area contributed by atoms with E-state index >= 15 is 0 Å². The molecular weight excluding hydrogens is 362 g/mol. The molecule has 3 rings (SSSR count). The predicted octanol–water partition coefficient (Wildman–Crippen LogP) is 1.30. The van der Waals surface area contributed by atoms with E-state index in [9.17, 15) is 8.78 Å². The molecule has 0 amide bonds. The average molecular weight is 395 g/mol. The molecule has 0 aromatic heterocycles. The van der Waals surface area contributed by atoms with Crippen LogP contribution in [-0.4, -0.2) is 99.7 Å². The van der Waals surface area contributed by atoms with Crippen LogP contribution in [0.25, 0.3) is 0 Å². The van der Waals surface area contributed by atoms with Gasteiger partial charge in [-0.05, 0) is 26.1 Å². The lowest BCUT2D eigenvalue weighted by Crippen LogP contribution is -2.55. The van der Waals surface area contributed by atoms with Gasteiger partial charge in [0.05, 0.1) is 5.69 Å². The van der Waals surface area contributed by atoms with E-state index < -0.39 is 5.82 Å². The Morgan fingerprint density at radius 2 is 1.75 bits per heavy atom. The zero-order chi connectivity index (χ0) is 20.1. The molecule has 1 atom stereocenters. The normalized spacial score (nSPS) is 21.1. The van der Waals surface area contributed by atoms with Gasteiger partial charge in [-0.2, -0.15) is 0 Å². The number of nitrogens with one attached hydrogen (secondary N) is 1. The van der Waals surface area contributed by atoms with Crippen LogP contribution in [0.1, 0.15) is 6.92 Å². The van der Waals surface area contributed by atoms with Gasteiger partial charge in [-0.1, -0.05) is 0 Å². The van der Waals surface area contributed by atoms with Crippen LogP contribution in [0, 0.1) is 11.6 Å². The lowest BCUT2D eigenvalue weighted by molar-refractivity contribution is 0.119. The molecule has 2 saturated heterocycles. The number of piperazine rings is 2. The summed E-state index contributed by atoms with van der Waals surface area (Å²) in [6.45, 7) is 10.2. The number of guanidine groups is 1. The highest BCUT2D eigenvalue weighted by atomic mass is 19.1. The van der Waals surface area contributed by atoms with Gasteiger partial charge in [0.2, 0.25) is 0 Å². The van der Waals surface area contributed by atoms with Gasteiger partial charge in [0.15, 0.2) is 5.96 Å². The van der Waals surface area contributed by atoms with Crippen molar-refractivity contribution in [1.29, 1.82) is 0 Å². The largest absolute Gasteiger partial charge is 0.366 e. The molecule has 2 aliphatic heterocycles. The van der Waals surface area contributed by atoms with Gasteiger partial charge in [-0.3, -0.25) is 9.89 Å². The summed E-state index contributed by atoms with van der Waals surface area (Å²) >= 11 is 0. The van der Waals surface area contributed by atoms with E-state index in [1.807, 2.05) is 4.90 Å². The first-order valence-corrected chi connectivity index (χ1v) is 10.1. The maximum atomic E-state index is 14.0. The number of rotatable bonds is 4. The summed E-state index contributed by atoms with van der Waals surface area (Å²) in [7, 11) is 3.96. The molecule has 1 unspecified atom stereocenters. The molecule has 2 aliphatic rings. The lowest BCUT2D eigenvalue weighted by Gasteiger charge is -2.39. The monoisotopic (exact) mass is 394 g/mol. The van der Waals surface area contributed by atoms with Crippen molar-refractivity contribution < 1.29 is 8.78 Å². The molecule has 1 N–H and O–H groups in total. The topological polar surface area (TPSA) is 37.4 Å². The van der Waals surface area contributed by atoms with Crippen molar-refractivity contribution >= 4 is 11.6 Å². The Kier molecular flexibility index (Phi) is 7.07. The van der Waals surface area contributed by atoms with Crippen LogP contribution >= 0.6 is 0 Å². The molecule has 6 nitrogen and oxygen atoms in total. The highest BCUT2D eigenvalue weighted by Crippen LogP contribution is 2.22. The van der Waals surface area contributed by atoms with Crippen molar-refractivity contribution in [3.8, 4) is 0 Å². The van der Waals surface area contributed by atoms with E-state index in [-0.39, 0.29) is 5.82 Å². The Morgan fingerprint density at radius 3 is 2.39 bits per heavy atom. The molecule has 1 aromatic carbocycles. The zero-order valence-corrected chi connectivity index (χ0v) is 17.2. The summed E-state index contributed by atoms with van der Waals surface area (Å²) < 4.78 is 27.5. The molecule has 0 bridgehead atoms. The number of aliphatic imine (C=N–C) groups is 1. The van der Waals surface area contributed by atoms with Crippen LogP contribution in [0.5, 0.6) is 0 Å². The second kappa shape index (κ2) is 9.52. The molecule has 28 heavy (non-hydrogen) atoms. The van der Waals surface area contributed by atoms with E-state index in [4.69, 9.17) is 0 Å². The third-order valence-corrected chi connectivity index (χ3v) is 5.76. The van der Waals surface area contributed by atoms with Crippen molar-refractivity contribution in [1.82, 2.24) is 20.0 Å². The van der Waals surface area contributed by atoms with Crippen molar-refractivity contribution in [2.75, 3.05) is 77.9 Å². The Morgan fingerprint density at radius 1 is 1.07 bits per heavy atom. The third kappa shape index (κ3) is 5.11. The second-order valence-corrected chi connectivity index (χ2v) is 7.69. The van der Waals surface area contributed by atoms with Crippen LogP contribution in [0.15, 0.2) is 23.2 Å². The average Bonchev–Trinajstić information content (AvgIpc) is 2.71. The fraction of sp³-hybridized carbons (Fsp3) is 0.650. The first-order chi connectivity index (χ1) is 13.5. The summed E-state index contributed by atoms with van der Waals surface area (Å²) in [5, 5.41) is 3.49. The number of hydrogen-bond acceptors (Lipinski definition) is 4.